The first kappa shape index (κ1) is 20.8. The van der Waals surface area contributed by atoms with Crippen LogP contribution in [-0.4, -0.2) is 40.2 Å². The number of carbonyl (C=O) groups excluding carboxylic acids is 2. The van der Waals surface area contributed by atoms with Crippen LogP contribution < -0.4 is 4.90 Å². The van der Waals surface area contributed by atoms with Crippen LogP contribution in [0.25, 0.3) is 10.2 Å². The first-order valence-electron chi connectivity index (χ1n) is 9.88. The number of rotatable bonds is 5. The first-order chi connectivity index (χ1) is 14.4. The van der Waals surface area contributed by atoms with Gasteiger partial charge in [0.25, 0.3) is 0 Å². The molecule has 30 heavy (non-hydrogen) atoms. The lowest BCUT2D eigenvalue weighted by Crippen LogP contribution is -2.37. The Hall–Kier alpha value is -2.45. The first-order valence-corrected chi connectivity index (χ1v) is 11.7. The van der Waals surface area contributed by atoms with Crippen molar-refractivity contribution in [2.75, 3.05) is 17.3 Å². The van der Waals surface area contributed by atoms with Crippen LogP contribution in [0, 0.1) is 13.8 Å². The van der Waals surface area contributed by atoms with E-state index in [0.29, 0.717) is 17.3 Å². The number of fused-ring (bicyclic) bond motifs is 2. The minimum atomic E-state index is -0.342. The summed E-state index contributed by atoms with van der Waals surface area (Å²) in [5.74, 6) is 0.605. The lowest BCUT2D eigenvalue weighted by Gasteiger charge is -2.22. The maximum atomic E-state index is 13.1. The zero-order chi connectivity index (χ0) is 21.4. The van der Waals surface area contributed by atoms with Crippen LogP contribution in [0.15, 0.2) is 29.3 Å². The van der Waals surface area contributed by atoms with E-state index in [-0.39, 0.29) is 23.7 Å². The Morgan fingerprint density at radius 3 is 2.80 bits per heavy atom. The molecule has 0 aliphatic carbocycles. The molecule has 0 saturated carbocycles. The summed E-state index contributed by atoms with van der Waals surface area (Å²) in [5.41, 5.74) is 3.01. The molecule has 1 amide bonds. The summed E-state index contributed by atoms with van der Waals surface area (Å²) in [5, 5.41) is 1.57. The number of amides is 1. The van der Waals surface area contributed by atoms with Gasteiger partial charge in [0.05, 0.1) is 12.4 Å². The Labute approximate surface area is 183 Å². The van der Waals surface area contributed by atoms with Crippen molar-refractivity contribution in [1.29, 1.82) is 0 Å². The van der Waals surface area contributed by atoms with Crippen LogP contribution in [0.5, 0.6) is 0 Å². The molecule has 1 aliphatic heterocycles. The number of benzene rings is 1. The van der Waals surface area contributed by atoms with Crippen molar-refractivity contribution >= 4 is 50.9 Å². The lowest BCUT2D eigenvalue weighted by molar-refractivity contribution is -0.116. The number of aromatic nitrogens is 2. The molecule has 0 fully saturated rings. The number of esters is 1. The van der Waals surface area contributed by atoms with Gasteiger partial charge in [-0.2, -0.15) is 0 Å². The van der Waals surface area contributed by atoms with Crippen molar-refractivity contribution in [2.24, 2.45) is 0 Å². The van der Waals surface area contributed by atoms with Gasteiger partial charge < -0.3 is 9.64 Å². The third-order valence-corrected chi connectivity index (χ3v) is 7.26. The van der Waals surface area contributed by atoms with E-state index in [0.717, 1.165) is 32.9 Å². The summed E-state index contributed by atoms with van der Waals surface area (Å²) in [4.78, 5) is 37.6. The highest BCUT2D eigenvalue weighted by atomic mass is 32.2. The Morgan fingerprint density at radius 2 is 2.03 bits per heavy atom. The van der Waals surface area contributed by atoms with Crippen molar-refractivity contribution in [3.05, 3.63) is 46.1 Å². The number of para-hydroxylation sites is 1. The predicted molar refractivity (Wildman–Crippen MR) is 121 cm³/mol. The normalized spacial score (nSPS) is 15.5. The number of ether oxygens (including phenoxy) is 1. The van der Waals surface area contributed by atoms with Gasteiger partial charge in [0.2, 0.25) is 5.91 Å². The molecule has 1 aromatic carbocycles. The molecule has 0 bridgehead atoms. The van der Waals surface area contributed by atoms with Gasteiger partial charge in [-0.05, 0) is 51.3 Å². The SMILES string of the molecule is CCOC(=O)c1sc2nc(C)nc(SCC(=O)N3c4ccccc4C[C@@H]3C)c2c1C. The van der Waals surface area contributed by atoms with Gasteiger partial charge in [-0.15, -0.1) is 11.3 Å². The largest absolute Gasteiger partial charge is 0.462 e. The van der Waals surface area contributed by atoms with Gasteiger partial charge in [0.15, 0.2) is 0 Å². The smallest absolute Gasteiger partial charge is 0.348 e. The number of hydrogen-bond acceptors (Lipinski definition) is 7. The maximum absolute atomic E-state index is 13.1. The Kier molecular flexibility index (Phi) is 5.79. The highest BCUT2D eigenvalue weighted by Gasteiger charge is 2.30. The van der Waals surface area contributed by atoms with Crippen molar-refractivity contribution < 1.29 is 14.3 Å². The highest BCUT2D eigenvalue weighted by Crippen LogP contribution is 2.37. The van der Waals surface area contributed by atoms with E-state index in [1.54, 1.807) is 6.92 Å². The van der Waals surface area contributed by atoms with Crippen molar-refractivity contribution in [1.82, 2.24) is 9.97 Å². The van der Waals surface area contributed by atoms with E-state index >= 15 is 0 Å². The van der Waals surface area contributed by atoms with Crippen LogP contribution in [0.4, 0.5) is 5.69 Å². The third-order valence-electron chi connectivity index (χ3n) is 5.14. The molecule has 0 saturated heterocycles. The van der Waals surface area contributed by atoms with Crippen molar-refractivity contribution in [2.45, 2.75) is 45.2 Å². The van der Waals surface area contributed by atoms with Crippen LogP contribution in [0.1, 0.15) is 40.5 Å². The second-order valence-corrected chi connectivity index (χ2v) is 9.23. The number of thiophene rings is 1. The number of aryl methyl sites for hydroxylation is 2. The lowest BCUT2D eigenvalue weighted by atomic mass is 10.1. The van der Waals surface area contributed by atoms with E-state index in [9.17, 15) is 9.59 Å². The monoisotopic (exact) mass is 441 g/mol. The van der Waals surface area contributed by atoms with E-state index in [1.807, 2.05) is 36.9 Å². The zero-order valence-electron chi connectivity index (χ0n) is 17.4. The summed E-state index contributed by atoms with van der Waals surface area (Å²) < 4.78 is 5.17. The molecule has 0 unspecified atom stereocenters. The number of carbonyl (C=O) groups is 2. The van der Waals surface area contributed by atoms with Gasteiger partial charge in [0.1, 0.15) is 20.6 Å². The van der Waals surface area contributed by atoms with Gasteiger partial charge >= 0.3 is 5.97 Å². The van der Waals surface area contributed by atoms with E-state index < -0.39 is 0 Å². The van der Waals surface area contributed by atoms with Crippen molar-refractivity contribution in [3.8, 4) is 0 Å². The summed E-state index contributed by atoms with van der Waals surface area (Å²) in [6, 6.07) is 8.20. The van der Waals surface area contributed by atoms with Crippen molar-refractivity contribution in [3.63, 3.8) is 0 Å². The quantitative estimate of drug-likeness (QED) is 0.328. The van der Waals surface area contributed by atoms with Crippen LogP contribution in [-0.2, 0) is 16.0 Å². The minimum absolute atomic E-state index is 0.0559. The van der Waals surface area contributed by atoms with Gasteiger partial charge in [-0.1, -0.05) is 30.0 Å². The van der Waals surface area contributed by atoms with E-state index in [1.165, 1.54) is 28.7 Å². The molecule has 0 N–H and O–H groups in total. The molecule has 2 aromatic heterocycles. The second-order valence-electron chi connectivity index (χ2n) is 7.27. The number of nitrogens with zero attached hydrogens (tertiary/aromatic N) is 3. The topological polar surface area (TPSA) is 72.4 Å². The average Bonchev–Trinajstić information content (AvgIpc) is 3.22. The molecular weight excluding hydrogens is 418 g/mol. The fraction of sp³-hybridized carbons (Fsp3) is 0.364. The standard InChI is InChI=1S/C22H23N3O3S2/c1-5-28-22(27)19-13(3)18-20(23-14(4)24-21(18)30-19)29-11-17(26)25-12(2)10-15-8-6-7-9-16(15)25/h6-9,12H,5,10-11H2,1-4H3/t12-/m0/s1. The number of anilines is 1. The summed E-state index contributed by atoms with van der Waals surface area (Å²) in [6.45, 7) is 7.89. The molecule has 4 rings (SSSR count). The Bertz CT molecular complexity index is 1140. The molecule has 0 spiro atoms. The third kappa shape index (κ3) is 3.70. The van der Waals surface area contributed by atoms with Crippen LogP contribution in [0.3, 0.4) is 0 Å². The summed E-state index contributed by atoms with van der Waals surface area (Å²) in [6.07, 6.45) is 0.871. The molecule has 1 atom stereocenters. The minimum Gasteiger partial charge on any atom is -0.462 e. The van der Waals surface area contributed by atoms with E-state index in [2.05, 4.69) is 23.0 Å². The molecule has 0 radical (unpaired) electrons. The van der Waals surface area contributed by atoms with Gasteiger partial charge in [0, 0.05) is 17.1 Å². The zero-order valence-corrected chi connectivity index (χ0v) is 19.0. The van der Waals surface area contributed by atoms with Crippen LogP contribution >= 0.6 is 23.1 Å². The van der Waals surface area contributed by atoms with Crippen LogP contribution in [0.2, 0.25) is 0 Å². The number of thioether (sulfide) groups is 1. The second kappa shape index (κ2) is 8.35. The fourth-order valence-corrected chi connectivity index (χ4v) is 6.02. The molecule has 3 heterocycles. The highest BCUT2D eigenvalue weighted by molar-refractivity contribution is 8.00. The van der Waals surface area contributed by atoms with Gasteiger partial charge in [-0.3, -0.25) is 4.79 Å². The predicted octanol–water partition coefficient (Wildman–Crippen LogP) is 4.55. The average molecular weight is 442 g/mol. The Morgan fingerprint density at radius 1 is 1.27 bits per heavy atom. The Balaban J connectivity index is 1.61. The molecular formula is C22H23N3O3S2. The molecule has 3 aromatic rings. The molecule has 156 valence electrons. The van der Waals surface area contributed by atoms with E-state index in [4.69, 9.17) is 4.74 Å². The maximum Gasteiger partial charge on any atom is 0.348 e. The molecule has 8 heteroatoms. The summed E-state index contributed by atoms with van der Waals surface area (Å²) >= 11 is 2.72. The fourth-order valence-electron chi connectivity index (χ4n) is 3.84. The number of hydrogen-bond donors (Lipinski definition) is 0. The summed E-state index contributed by atoms with van der Waals surface area (Å²) in [7, 11) is 0. The van der Waals surface area contributed by atoms with Gasteiger partial charge in [-0.25, -0.2) is 14.8 Å². The molecule has 1 aliphatic rings. The molecule has 6 nitrogen and oxygen atoms in total.